The van der Waals surface area contributed by atoms with Gasteiger partial charge in [0.15, 0.2) is 0 Å². The van der Waals surface area contributed by atoms with Gasteiger partial charge in [0, 0.05) is 6.54 Å². The van der Waals surface area contributed by atoms with Gasteiger partial charge >= 0.3 is 5.97 Å². The number of alkyl halides is 1. The van der Waals surface area contributed by atoms with Crippen LogP contribution >= 0.6 is 0 Å². The molecule has 1 unspecified atom stereocenters. The summed E-state index contributed by atoms with van der Waals surface area (Å²) in [6, 6.07) is 0. The molecule has 1 rings (SSSR count). The van der Waals surface area contributed by atoms with Crippen molar-refractivity contribution in [2.45, 2.75) is 25.4 Å². The van der Waals surface area contributed by atoms with Crippen LogP contribution in [0.15, 0.2) is 0 Å². The number of halogens is 1. The van der Waals surface area contributed by atoms with Crippen molar-refractivity contribution in [2.24, 2.45) is 0 Å². The smallest absolute Gasteiger partial charge is 0.306 e. The summed E-state index contributed by atoms with van der Waals surface area (Å²) in [6.07, 6.45) is 0.649. The maximum atomic E-state index is 12.9. The maximum Gasteiger partial charge on any atom is 0.306 e. The lowest BCUT2D eigenvalue weighted by atomic mass is 10.2. The maximum absolute atomic E-state index is 12.9. The van der Waals surface area contributed by atoms with Gasteiger partial charge in [-0.3, -0.25) is 4.79 Å². The minimum absolute atomic E-state index is 0.284. The summed E-state index contributed by atoms with van der Waals surface area (Å²) in [4.78, 5) is 12.1. The highest BCUT2D eigenvalue weighted by molar-refractivity contribution is 5.67. The van der Waals surface area contributed by atoms with Crippen molar-refractivity contribution in [3.8, 4) is 0 Å². The summed E-state index contributed by atoms with van der Waals surface area (Å²) in [5.74, 6) is -1.05. The van der Waals surface area contributed by atoms with E-state index in [2.05, 4.69) is 0 Å². The highest BCUT2D eigenvalue weighted by atomic mass is 19.1. The molecule has 0 amide bonds. The molecule has 0 radical (unpaired) electrons. The van der Waals surface area contributed by atoms with Crippen molar-refractivity contribution >= 4 is 5.97 Å². The first-order valence-electron chi connectivity index (χ1n) is 4.26. The molecule has 0 aliphatic carbocycles. The van der Waals surface area contributed by atoms with Crippen molar-refractivity contribution in [3.63, 3.8) is 0 Å². The molecule has 1 saturated heterocycles. The Morgan fingerprint density at radius 1 is 1.50 bits per heavy atom. The van der Waals surface area contributed by atoms with Crippen molar-refractivity contribution in [2.75, 3.05) is 19.6 Å². The quantitative estimate of drug-likeness (QED) is 0.690. The Balaban J connectivity index is 2.16. The van der Waals surface area contributed by atoms with Gasteiger partial charge in [-0.15, -0.1) is 0 Å². The number of nitrogens with zero attached hydrogens (tertiary/aromatic N) is 1. The number of aliphatic carboxylic acids is 1. The fourth-order valence-electron chi connectivity index (χ4n) is 1.50. The molecule has 0 bridgehead atoms. The number of likely N-dealkylation sites (tertiary alicyclic amines) is 1. The Labute approximate surface area is 71.2 Å². The van der Waals surface area contributed by atoms with E-state index in [1.54, 1.807) is 0 Å². The molecule has 1 fully saturated rings. The standard InChI is InChI=1S/C8H14FNO2/c9-7(5-8(11)12)6-10-3-1-2-4-10/h7H,1-6H2,(H,11,12). The van der Waals surface area contributed by atoms with Gasteiger partial charge in [0.05, 0.1) is 6.42 Å². The van der Waals surface area contributed by atoms with E-state index in [9.17, 15) is 9.18 Å². The van der Waals surface area contributed by atoms with Gasteiger partial charge in [-0.25, -0.2) is 4.39 Å². The van der Waals surface area contributed by atoms with Gasteiger partial charge in [0.1, 0.15) is 6.17 Å². The van der Waals surface area contributed by atoms with Crippen LogP contribution in [0.2, 0.25) is 0 Å². The molecule has 0 aromatic carbocycles. The zero-order chi connectivity index (χ0) is 8.97. The van der Waals surface area contributed by atoms with E-state index in [-0.39, 0.29) is 13.0 Å². The third-order valence-corrected chi connectivity index (χ3v) is 2.05. The van der Waals surface area contributed by atoms with E-state index in [1.807, 2.05) is 4.90 Å². The Hall–Kier alpha value is -0.640. The second-order valence-electron chi connectivity index (χ2n) is 3.20. The second kappa shape index (κ2) is 4.40. The molecule has 12 heavy (non-hydrogen) atoms. The average Bonchev–Trinajstić information content (AvgIpc) is 2.37. The van der Waals surface area contributed by atoms with Gasteiger partial charge < -0.3 is 10.0 Å². The fourth-order valence-corrected chi connectivity index (χ4v) is 1.50. The number of carboxylic acids is 1. The molecule has 70 valence electrons. The van der Waals surface area contributed by atoms with Crippen LogP contribution in [0, 0.1) is 0 Å². The van der Waals surface area contributed by atoms with E-state index in [0.29, 0.717) is 0 Å². The topological polar surface area (TPSA) is 40.5 Å². The second-order valence-corrected chi connectivity index (χ2v) is 3.20. The summed E-state index contributed by atoms with van der Waals surface area (Å²) < 4.78 is 12.9. The Morgan fingerprint density at radius 2 is 2.08 bits per heavy atom. The molecule has 3 nitrogen and oxygen atoms in total. The third kappa shape index (κ3) is 3.17. The number of hydrogen-bond acceptors (Lipinski definition) is 2. The first-order chi connectivity index (χ1) is 5.68. The largest absolute Gasteiger partial charge is 0.481 e. The van der Waals surface area contributed by atoms with Crippen molar-refractivity contribution < 1.29 is 14.3 Å². The molecule has 0 saturated carbocycles. The molecule has 4 heteroatoms. The van der Waals surface area contributed by atoms with Crippen LogP contribution in [0.25, 0.3) is 0 Å². The van der Waals surface area contributed by atoms with E-state index in [0.717, 1.165) is 25.9 Å². The lowest BCUT2D eigenvalue weighted by molar-refractivity contribution is -0.138. The summed E-state index contributed by atoms with van der Waals surface area (Å²) in [5, 5.41) is 8.30. The zero-order valence-electron chi connectivity index (χ0n) is 7.00. The van der Waals surface area contributed by atoms with Crippen LogP contribution in [0.4, 0.5) is 4.39 Å². The first-order valence-corrected chi connectivity index (χ1v) is 4.26. The molecule has 0 aromatic rings. The number of rotatable bonds is 4. The van der Waals surface area contributed by atoms with Gasteiger partial charge in [-0.05, 0) is 25.9 Å². The zero-order valence-corrected chi connectivity index (χ0v) is 7.00. The molecule has 1 N–H and O–H groups in total. The highest BCUT2D eigenvalue weighted by Crippen LogP contribution is 2.10. The van der Waals surface area contributed by atoms with Crippen molar-refractivity contribution in [3.05, 3.63) is 0 Å². The number of carboxylic acid groups (broad SMARTS) is 1. The Kier molecular flexibility index (Phi) is 3.47. The van der Waals surface area contributed by atoms with Crippen molar-refractivity contribution in [1.82, 2.24) is 4.90 Å². The molecule has 1 heterocycles. The monoisotopic (exact) mass is 175 g/mol. The van der Waals surface area contributed by atoms with Crippen LogP contribution < -0.4 is 0 Å². The van der Waals surface area contributed by atoms with Crippen LogP contribution in [-0.4, -0.2) is 41.8 Å². The van der Waals surface area contributed by atoms with E-state index in [1.165, 1.54) is 0 Å². The predicted molar refractivity (Wildman–Crippen MR) is 42.8 cm³/mol. The molecular formula is C8H14FNO2. The van der Waals surface area contributed by atoms with Gasteiger partial charge in [-0.1, -0.05) is 0 Å². The lowest BCUT2D eigenvalue weighted by Crippen LogP contribution is -2.28. The third-order valence-electron chi connectivity index (χ3n) is 2.05. The molecular weight excluding hydrogens is 161 g/mol. The van der Waals surface area contributed by atoms with E-state index >= 15 is 0 Å². The number of carbonyl (C=O) groups is 1. The predicted octanol–water partition coefficient (Wildman–Crippen LogP) is 0.895. The Bertz CT molecular complexity index is 157. The van der Waals surface area contributed by atoms with Gasteiger partial charge in [-0.2, -0.15) is 0 Å². The van der Waals surface area contributed by atoms with E-state index in [4.69, 9.17) is 5.11 Å². The lowest BCUT2D eigenvalue weighted by Gasteiger charge is -2.16. The SMILES string of the molecule is O=C(O)CC(F)CN1CCCC1. The van der Waals surface area contributed by atoms with Crippen LogP contribution in [-0.2, 0) is 4.79 Å². The Morgan fingerprint density at radius 3 is 2.58 bits per heavy atom. The molecule has 1 aliphatic rings. The van der Waals surface area contributed by atoms with Gasteiger partial charge in [0.25, 0.3) is 0 Å². The van der Waals surface area contributed by atoms with Crippen LogP contribution in [0.1, 0.15) is 19.3 Å². The summed E-state index contributed by atoms with van der Waals surface area (Å²) in [6.45, 7) is 2.12. The van der Waals surface area contributed by atoms with Crippen LogP contribution in [0.3, 0.4) is 0 Å². The molecule has 1 atom stereocenters. The normalized spacial score (nSPS) is 21.1. The minimum atomic E-state index is -1.21. The van der Waals surface area contributed by atoms with Crippen molar-refractivity contribution in [1.29, 1.82) is 0 Å². The first kappa shape index (κ1) is 9.45. The molecule has 0 spiro atoms. The summed E-state index contributed by atoms with van der Waals surface area (Å²) in [7, 11) is 0. The summed E-state index contributed by atoms with van der Waals surface area (Å²) in [5.41, 5.74) is 0. The number of hydrogen-bond donors (Lipinski definition) is 1. The molecule has 1 aliphatic heterocycles. The molecule has 0 aromatic heterocycles. The van der Waals surface area contributed by atoms with Gasteiger partial charge in [0.2, 0.25) is 0 Å². The minimum Gasteiger partial charge on any atom is -0.481 e. The van der Waals surface area contributed by atoms with Crippen LogP contribution in [0.5, 0.6) is 0 Å². The summed E-state index contributed by atoms with van der Waals surface area (Å²) >= 11 is 0. The average molecular weight is 175 g/mol. The fraction of sp³-hybridized carbons (Fsp3) is 0.875. The van der Waals surface area contributed by atoms with E-state index < -0.39 is 12.1 Å². The highest BCUT2D eigenvalue weighted by Gasteiger charge is 2.18.